The van der Waals surface area contributed by atoms with E-state index in [4.69, 9.17) is 11.6 Å². The first-order valence-electron chi connectivity index (χ1n) is 7.09. The molecule has 0 aliphatic heterocycles. The number of urea groups is 1. The largest absolute Gasteiger partial charge is 0.336 e. The van der Waals surface area contributed by atoms with Gasteiger partial charge in [-0.1, -0.05) is 11.6 Å². The first-order valence-corrected chi connectivity index (χ1v) is 8.29. The number of hydrogen-bond donors (Lipinski definition) is 2. The summed E-state index contributed by atoms with van der Waals surface area (Å²) in [6.07, 6.45) is 3.25. The minimum Gasteiger partial charge on any atom is -0.336 e. The minimum atomic E-state index is -0.270. The first kappa shape index (κ1) is 17.2. The molecule has 0 fully saturated rings. The van der Waals surface area contributed by atoms with Crippen LogP contribution < -0.4 is 10.6 Å². The average molecular weight is 349 g/mol. The molecule has 0 atom stereocenters. The summed E-state index contributed by atoms with van der Waals surface area (Å²) in [6.45, 7) is 3.77. The maximum absolute atomic E-state index is 12.1. The topological polar surface area (TPSA) is 58.2 Å². The van der Waals surface area contributed by atoms with E-state index in [0.29, 0.717) is 15.6 Å². The van der Waals surface area contributed by atoms with Crippen LogP contribution in [-0.2, 0) is 0 Å². The van der Waals surface area contributed by atoms with Gasteiger partial charge >= 0.3 is 6.03 Å². The lowest BCUT2D eigenvalue weighted by molar-refractivity contribution is 0.104. The highest BCUT2D eigenvalue weighted by molar-refractivity contribution is 7.17. The molecule has 4 nitrogen and oxygen atoms in total. The summed E-state index contributed by atoms with van der Waals surface area (Å²) in [6, 6.07) is 10.2. The first-order chi connectivity index (χ1) is 10.9. The summed E-state index contributed by atoms with van der Waals surface area (Å²) in [5.74, 6) is -0.104. The van der Waals surface area contributed by atoms with Crippen molar-refractivity contribution >= 4 is 46.5 Å². The van der Waals surface area contributed by atoms with Crippen LogP contribution in [0.15, 0.2) is 42.5 Å². The van der Waals surface area contributed by atoms with Gasteiger partial charge in [0.25, 0.3) is 0 Å². The van der Waals surface area contributed by atoms with Crippen molar-refractivity contribution in [3.63, 3.8) is 0 Å². The molecule has 0 radical (unpaired) electrons. The highest BCUT2D eigenvalue weighted by Gasteiger charge is 2.05. The standard InChI is InChI=1S/C17H17ClN2O2S/c1-11(2)19-17(22)20-13-5-3-12(4-6-13)15(21)9-7-14-8-10-16(18)23-14/h3-11H,1-2H3,(H2,19,20,22). The fourth-order valence-electron chi connectivity index (χ4n) is 1.82. The van der Waals surface area contributed by atoms with E-state index < -0.39 is 0 Å². The van der Waals surface area contributed by atoms with E-state index in [1.807, 2.05) is 19.9 Å². The Morgan fingerprint density at radius 1 is 1.13 bits per heavy atom. The number of ketones is 1. The number of carbonyl (C=O) groups is 2. The summed E-state index contributed by atoms with van der Waals surface area (Å²) >= 11 is 7.25. The van der Waals surface area contributed by atoms with Gasteiger partial charge in [-0.25, -0.2) is 4.79 Å². The van der Waals surface area contributed by atoms with Gasteiger partial charge < -0.3 is 10.6 Å². The second-order valence-corrected chi connectivity index (χ2v) is 6.92. The zero-order chi connectivity index (χ0) is 16.8. The Kier molecular flexibility index (Phi) is 5.96. The molecule has 0 unspecified atom stereocenters. The van der Waals surface area contributed by atoms with Gasteiger partial charge in [-0.3, -0.25) is 4.79 Å². The molecular formula is C17H17ClN2O2S. The second kappa shape index (κ2) is 7.94. The van der Waals surface area contributed by atoms with Crippen molar-refractivity contribution in [1.29, 1.82) is 0 Å². The molecule has 1 aromatic carbocycles. The third-order valence-corrected chi connectivity index (χ3v) is 4.04. The third-order valence-electron chi connectivity index (χ3n) is 2.84. The summed E-state index contributed by atoms with van der Waals surface area (Å²) in [5.41, 5.74) is 1.19. The summed E-state index contributed by atoms with van der Waals surface area (Å²) in [7, 11) is 0. The number of nitrogens with one attached hydrogen (secondary N) is 2. The number of halogens is 1. The maximum atomic E-state index is 12.1. The van der Waals surface area contributed by atoms with E-state index in [1.54, 1.807) is 36.4 Å². The van der Waals surface area contributed by atoms with Crippen molar-refractivity contribution in [1.82, 2.24) is 5.32 Å². The zero-order valence-electron chi connectivity index (χ0n) is 12.8. The van der Waals surface area contributed by atoms with Gasteiger partial charge in [0, 0.05) is 22.2 Å². The normalized spacial score (nSPS) is 11.0. The Bertz CT molecular complexity index is 720. The van der Waals surface area contributed by atoms with E-state index in [0.717, 1.165) is 4.88 Å². The number of rotatable bonds is 5. The lowest BCUT2D eigenvalue weighted by atomic mass is 10.1. The highest BCUT2D eigenvalue weighted by Crippen LogP contribution is 2.22. The monoisotopic (exact) mass is 348 g/mol. The van der Waals surface area contributed by atoms with Crippen LogP contribution in [0.2, 0.25) is 4.34 Å². The van der Waals surface area contributed by atoms with Crippen LogP contribution in [0, 0.1) is 0 Å². The molecule has 2 N–H and O–H groups in total. The number of benzene rings is 1. The van der Waals surface area contributed by atoms with Gasteiger partial charge in [0.05, 0.1) is 4.34 Å². The van der Waals surface area contributed by atoms with E-state index in [-0.39, 0.29) is 17.9 Å². The lowest BCUT2D eigenvalue weighted by Gasteiger charge is -2.10. The Labute approximate surface area is 144 Å². The van der Waals surface area contributed by atoms with Crippen molar-refractivity contribution in [3.8, 4) is 0 Å². The number of thiophene rings is 1. The second-order valence-electron chi connectivity index (χ2n) is 5.17. The van der Waals surface area contributed by atoms with Crippen molar-refractivity contribution in [2.75, 3.05) is 5.32 Å². The molecule has 120 valence electrons. The maximum Gasteiger partial charge on any atom is 0.319 e. The van der Waals surface area contributed by atoms with Crippen LogP contribution in [0.25, 0.3) is 6.08 Å². The SMILES string of the molecule is CC(C)NC(=O)Nc1ccc(C(=O)C=Cc2ccc(Cl)s2)cc1. The van der Waals surface area contributed by atoms with Crippen LogP contribution >= 0.6 is 22.9 Å². The van der Waals surface area contributed by atoms with Crippen LogP contribution in [0.5, 0.6) is 0 Å². The van der Waals surface area contributed by atoms with Crippen molar-refractivity contribution in [2.45, 2.75) is 19.9 Å². The van der Waals surface area contributed by atoms with Crippen LogP contribution in [0.4, 0.5) is 10.5 Å². The van der Waals surface area contributed by atoms with Gasteiger partial charge in [0.1, 0.15) is 0 Å². The Hall–Kier alpha value is -2.11. The number of amides is 2. The van der Waals surface area contributed by atoms with Crippen LogP contribution in [0.1, 0.15) is 29.1 Å². The van der Waals surface area contributed by atoms with Gasteiger partial charge in [0.15, 0.2) is 5.78 Å². The Morgan fingerprint density at radius 2 is 1.83 bits per heavy atom. The van der Waals surface area contributed by atoms with Crippen molar-refractivity contribution in [2.24, 2.45) is 0 Å². The smallest absolute Gasteiger partial charge is 0.319 e. The Balaban J connectivity index is 1.97. The molecule has 1 aromatic heterocycles. The molecule has 0 saturated heterocycles. The molecule has 2 aromatic rings. The molecule has 2 amide bonds. The predicted octanol–water partition coefficient (Wildman–Crippen LogP) is 4.83. The number of carbonyl (C=O) groups excluding carboxylic acids is 2. The predicted molar refractivity (Wildman–Crippen MR) is 96.4 cm³/mol. The van der Waals surface area contributed by atoms with Gasteiger partial charge in [-0.2, -0.15) is 0 Å². The van der Waals surface area contributed by atoms with E-state index >= 15 is 0 Å². The lowest BCUT2D eigenvalue weighted by Crippen LogP contribution is -2.34. The van der Waals surface area contributed by atoms with Gasteiger partial charge in [-0.15, -0.1) is 11.3 Å². The molecule has 0 saturated carbocycles. The third kappa shape index (κ3) is 5.54. The molecule has 0 aliphatic carbocycles. The van der Waals surface area contributed by atoms with E-state index in [1.165, 1.54) is 17.4 Å². The Morgan fingerprint density at radius 3 is 2.39 bits per heavy atom. The summed E-state index contributed by atoms with van der Waals surface area (Å²) in [4.78, 5) is 24.6. The van der Waals surface area contributed by atoms with E-state index in [9.17, 15) is 9.59 Å². The van der Waals surface area contributed by atoms with Crippen LogP contribution in [-0.4, -0.2) is 17.9 Å². The van der Waals surface area contributed by atoms with Crippen LogP contribution in [0.3, 0.4) is 0 Å². The fraction of sp³-hybridized carbons (Fsp3) is 0.176. The number of hydrogen-bond acceptors (Lipinski definition) is 3. The average Bonchev–Trinajstić information content (AvgIpc) is 2.90. The molecule has 2 rings (SSSR count). The molecule has 1 heterocycles. The molecular weight excluding hydrogens is 332 g/mol. The highest BCUT2D eigenvalue weighted by atomic mass is 35.5. The minimum absolute atomic E-state index is 0.0618. The molecule has 6 heteroatoms. The number of anilines is 1. The zero-order valence-corrected chi connectivity index (χ0v) is 14.4. The van der Waals surface area contributed by atoms with Gasteiger partial charge in [0.2, 0.25) is 0 Å². The quantitative estimate of drug-likeness (QED) is 0.600. The molecule has 0 bridgehead atoms. The molecule has 0 spiro atoms. The fourth-order valence-corrected chi connectivity index (χ4v) is 2.78. The number of allylic oxidation sites excluding steroid dienone is 1. The summed E-state index contributed by atoms with van der Waals surface area (Å²) < 4.78 is 0.687. The van der Waals surface area contributed by atoms with Crippen molar-refractivity contribution < 1.29 is 9.59 Å². The summed E-state index contributed by atoms with van der Waals surface area (Å²) in [5, 5.41) is 5.44. The molecule has 0 aliphatic rings. The van der Waals surface area contributed by atoms with E-state index in [2.05, 4.69) is 10.6 Å². The van der Waals surface area contributed by atoms with Gasteiger partial charge in [-0.05, 0) is 62.4 Å². The van der Waals surface area contributed by atoms with Crippen molar-refractivity contribution in [3.05, 3.63) is 57.3 Å². The molecule has 23 heavy (non-hydrogen) atoms.